The molecule has 12 nitrogen and oxygen atoms in total. The Bertz CT molecular complexity index is 1320. The van der Waals surface area contributed by atoms with Gasteiger partial charge in [0.05, 0.1) is 18.4 Å². The molecule has 3 amide bonds. The summed E-state index contributed by atoms with van der Waals surface area (Å²) in [6.45, 7) is 9.48. The van der Waals surface area contributed by atoms with Crippen molar-refractivity contribution in [2.75, 3.05) is 50.8 Å². The summed E-state index contributed by atoms with van der Waals surface area (Å²) in [5.41, 5.74) is 1.57. The Kier molecular flexibility index (Phi) is 10.8. The molecule has 1 aromatic carbocycles. The van der Waals surface area contributed by atoms with Crippen LogP contribution in [0.3, 0.4) is 0 Å². The molecule has 12 heteroatoms. The molecule has 44 heavy (non-hydrogen) atoms. The number of ether oxygens (including phenoxy) is 2. The molecule has 2 fully saturated rings. The van der Waals surface area contributed by atoms with Crippen molar-refractivity contribution in [3.05, 3.63) is 48.2 Å². The second kappa shape index (κ2) is 14.5. The normalized spacial score (nSPS) is 17.7. The molecule has 0 radical (unpaired) electrons. The quantitative estimate of drug-likeness (QED) is 0.411. The fourth-order valence-electron chi connectivity index (χ4n) is 5.24. The SMILES string of the molecule is CCOC(=O)N1CCN(C(=O)[C@H](CCC(=O)OC(C)(C)C)NC(=O)c2cc(N3CC[C@H](O)C3)cc(-c3ccccc3)n2)CC1. The summed E-state index contributed by atoms with van der Waals surface area (Å²) in [4.78, 5) is 61.9. The number of hydrogen-bond acceptors (Lipinski definition) is 9. The number of rotatable bonds is 9. The van der Waals surface area contributed by atoms with Crippen molar-refractivity contribution >= 4 is 29.6 Å². The fourth-order valence-corrected chi connectivity index (χ4v) is 5.24. The average molecular weight is 610 g/mol. The van der Waals surface area contributed by atoms with Gasteiger partial charge in [0.25, 0.3) is 5.91 Å². The number of anilines is 1. The molecule has 2 aliphatic heterocycles. The first-order valence-electron chi connectivity index (χ1n) is 15.2. The molecule has 2 atom stereocenters. The zero-order valence-corrected chi connectivity index (χ0v) is 26.0. The highest BCUT2D eigenvalue weighted by Gasteiger charge is 2.32. The van der Waals surface area contributed by atoms with Crippen LogP contribution in [0.25, 0.3) is 11.3 Å². The van der Waals surface area contributed by atoms with Gasteiger partial charge < -0.3 is 34.6 Å². The summed E-state index contributed by atoms with van der Waals surface area (Å²) in [7, 11) is 0. The number of aliphatic hydroxyl groups is 1. The number of carbonyl (C=O) groups excluding carboxylic acids is 4. The number of amides is 3. The van der Waals surface area contributed by atoms with Crippen LogP contribution in [0.1, 0.15) is 57.4 Å². The van der Waals surface area contributed by atoms with Gasteiger partial charge in [-0.25, -0.2) is 9.78 Å². The van der Waals surface area contributed by atoms with Crippen LogP contribution >= 0.6 is 0 Å². The predicted molar refractivity (Wildman–Crippen MR) is 164 cm³/mol. The molecule has 2 saturated heterocycles. The van der Waals surface area contributed by atoms with E-state index in [4.69, 9.17) is 9.47 Å². The third-order valence-electron chi connectivity index (χ3n) is 7.42. The van der Waals surface area contributed by atoms with Gasteiger partial charge in [0, 0.05) is 56.9 Å². The molecule has 0 spiro atoms. The van der Waals surface area contributed by atoms with E-state index in [-0.39, 0.29) is 44.1 Å². The van der Waals surface area contributed by atoms with Crippen molar-refractivity contribution in [3.63, 3.8) is 0 Å². The zero-order valence-electron chi connectivity index (χ0n) is 26.0. The Hall–Kier alpha value is -4.19. The van der Waals surface area contributed by atoms with Gasteiger partial charge in [0.1, 0.15) is 17.3 Å². The van der Waals surface area contributed by atoms with Gasteiger partial charge in [-0.15, -0.1) is 0 Å². The highest BCUT2D eigenvalue weighted by atomic mass is 16.6. The third-order valence-corrected chi connectivity index (χ3v) is 7.42. The number of piperazine rings is 1. The standard InChI is InChI=1S/C32H43N5O7/c1-5-43-31(42)36-17-15-35(16-18-36)30(41)25(11-12-28(39)44-32(2,3)4)34-29(40)27-20-23(37-14-13-24(38)21-37)19-26(33-27)22-9-7-6-8-10-22/h6-10,19-20,24-25,38H,5,11-18,21H2,1-4H3,(H,34,40)/t24-,25-/m0/s1. The largest absolute Gasteiger partial charge is 0.460 e. The third kappa shape index (κ3) is 8.91. The smallest absolute Gasteiger partial charge is 0.409 e. The van der Waals surface area contributed by atoms with Crippen LogP contribution < -0.4 is 10.2 Å². The summed E-state index contributed by atoms with van der Waals surface area (Å²) in [5, 5.41) is 13.0. The van der Waals surface area contributed by atoms with E-state index in [2.05, 4.69) is 10.3 Å². The molecule has 0 saturated carbocycles. The van der Waals surface area contributed by atoms with Crippen LogP contribution in [0.5, 0.6) is 0 Å². The lowest BCUT2D eigenvalue weighted by atomic mass is 10.1. The fraction of sp³-hybridized carbons (Fsp3) is 0.531. The van der Waals surface area contributed by atoms with Gasteiger partial charge in [0.2, 0.25) is 5.91 Å². The Morgan fingerprint density at radius 1 is 1.02 bits per heavy atom. The maximum absolute atomic E-state index is 13.7. The number of nitrogens with one attached hydrogen (secondary N) is 1. The molecule has 1 aromatic heterocycles. The van der Waals surface area contributed by atoms with Crippen LogP contribution in [-0.2, 0) is 19.1 Å². The number of benzene rings is 1. The molecule has 4 rings (SSSR count). The molecular formula is C32H43N5O7. The minimum Gasteiger partial charge on any atom is -0.460 e. The lowest BCUT2D eigenvalue weighted by Gasteiger charge is -2.36. The van der Waals surface area contributed by atoms with Crippen molar-refractivity contribution < 1.29 is 33.8 Å². The number of pyridine rings is 1. The summed E-state index contributed by atoms with van der Waals surface area (Å²) in [6.07, 6.45) is -0.318. The van der Waals surface area contributed by atoms with Crippen LogP contribution in [0, 0.1) is 0 Å². The van der Waals surface area contributed by atoms with E-state index in [0.29, 0.717) is 38.3 Å². The Morgan fingerprint density at radius 2 is 1.70 bits per heavy atom. The number of esters is 1. The first-order chi connectivity index (χ1) is 20.9. The summed E-state index contributed by atoms with van der Waals surface area (Å²) in [5.74, 6) is -1.39. The van der Waals surface area contributed by atoms with Gasteiger partial charge in [-0.2, -0.15) is 0 Å². The number of carbonyl (C=O) groups is 4. The molecule has 2 aromatic rings. The van der Waals surface area contributed by atoms with Gasteiger partial charge in [-0.05, 0) is 52.7 Å². The maximum atomic E-state index is 13.7. The Labute approximate surface area is 258 Å². The van der Waals surface area contributed by atoms with Crippen LogP contribution in [0.2, 0.25) is 0 Å². The molecule has 238 valence electrons. The van der Waals surface area contributed by atoms with Gasteiger partial charge in [-0.1, -0.05) is 30.3 Å². The highest BCUT2D eigenvalue weighted by Crippen LogP contribution is 2.27. The van der Waals surface area contributed by atoms with E-state index in [1.165, 1.54) is 4.90 Å². The lowest BCUT2D eigenvalue weighted by molar-refractivity contribution is -0.155. The van der Waals surface area contributed by atoms with E-state index in [1.807, 2.05) is 41.3 Å². The Balaban J connectivity index is 1.56. The molecular weight excluding hydrogens is 566 g/mol. The topological polar surface area (TPSA) is 142 Å². The maximum Gasteiger partial charge on any atom is 0.409 e. The van der Waals surface area contributed by atoms with Gasteiger partial charge >= 0.3 is 12.1 Å². The Morgan fingerprint density at radius 3 is 2.32 bits per heavy atom. The number of aliphatic hydroxyl groups excluding tert-OH is 1. The first kappa shape index (κ1) is 32.7. The van der Waals surface area contributed by atoms with Crippen molar-refractivity contribution in [2.45, 2.75) is 64.7 Å². The summed E-state index contributed by atoms with van der Waals surface area (Å²) >= 11 is 0. The minimum atomic E-state index is -1.02. The minimum absolute atomic E-state index is 0.0289. The molecule has 3 heterocycles. The van der Waals surface area contributed by atoms with E-state index < -0.39 is 35.7 Å². The molecule has 0 aliphatic carbocycles. The van der Waals surface area contributed by atoms with Crippen LogP contribution in [0.15, 0.2) is 42.5 Å². The predicted octanol–water partition coefficient (Wildman–Crippen LogP) is 2.84. The van der Waals surface area contributed by atoms with Crippen LogP contribution in [-0.4, -0.2) is 107 Å². The second-order valence-electron chi connectivity index (χ2n) is 12.0. The van der Waals surface area contributed by atoms with Gasteiger partial charge in [0.15, 0.2) is 0 Å². The number of aromatic nitrogens is 1. The molecule has 0 unspecified atom stereocenters. The summed E-state index contributed by atoms with van der Waals surface area (Å²) in [6, 6.07) is 12.0. The van der Waals surface area contributed by atoms with Crippen molar-refractivity contribution in [1.29, 1.82) is 0 Å². The van der Waals surface area contributed by atoms with Crippen LogP contribution in [0.4, 0.5) is 10.5 Å². The second-order valence-corrected chi connectivity index (χ2v) is 12.0. The highest BCUT2D eigenvalue weighted by molar-refractivity contribution is 5.97. The number of hydrogen-bond donors (Lipinski definition) is 2. The molecule has 0 bridgehead atoms. The van der Waals surface area contributed by atoms with E-state index >= 15 is 0 Å². The first-order valence-corrected chi connectivity index (χ1v) is 15.2. The lowest BCUT2D eigenvalue weighted by Crippen LogP contribution is -2.56. The van der Waals surface area contributed by atoms with E-state index in [0.717, 1.165) is 11.3 Å². The van der Waals surface area contributed by atoms with Crippen molar-refractivity contribution in [1.82, 2.24) is 20.1 Å². The number of β-amino-alcohol motifs (C(OH)–C–C–N with tert-alkyl or cyclic N) is 1. The van der Waals surface area contributed by atoms with Crippen molar-refractivity contribution in [2.24, 2.45) is 0 Å². The van der Waals surface area contributed by atoms with E-state index in [1.54, 1.807) is 38.7 Å². The average Bonchev–Trinajstić information content (AvgIpc) is 3.44. The van der Waals surface area contributed by atoms with Gasteiger partial charge in [-0.3, -0.25) is 14.4 Å². The number of nitrogens with zero attached hydrogens (tertiary/aromatic N) is 4. The van der Waals surface area contributed by atoms with E-state index in [9.17, 15) is 24.3 Å². The monoisotopic (exact) mass is 609 g/mol. The molecule has 2 N–H and O–H groups in total. The summed E-state index contributed by atoms with van der Waals surface area (Å²) < 4.78 is 10.5. The van der Waals surface area contributed by atoms with Crippen molar-refractivity contribution in [3.8, 4) is 11.3 Å². The molecule has 2 aliphatic rings. The zero-order chi connectivity index (χ0) is 31.9.